The van der Waals surface area contributed by atoms with Crippen molar-refractivity contribution in [1.82, 2.24) is 10.6 Å². The third kappa shape index (κ3) is 3.43. The Bertz CT molecular complexity index is 296. The van der Waals surface area contributed by atoms with E-state index in [9.17, 15) is 9.59 Å². The normalized spacial score (nSPS) is 22.9. The molecular formula is C12H22N2O3. The second-order valence-corrected chi connectivity index (χ2v) is 5.30. The number of hydrogen-bond donors (Lipinski definition) is 3. The van der Waals surface area contributed by atoms with E-state index >= 15 is 0 Å². The molecule has 1 fully saturated rings. The average molecular weight is 242 g/mol. The highest BCUT2D eigenvalue weighted by Gasteiger charge is 2.38. The maximum Gasteiger partial charge on any atom is 0.325 e. The van der Waals surface area contributed by atoms with Gasteiger partial charge < -0.3 is 15.7 Å². The SMILES string of the molecule is C[C@@H](NC(=O)C(C)(C)C1CCCNC1)C(=O)O. The average Bonchev–Trinajstić information content (AvgIpc) is 2.29. The monoisotopic (exact) mass is 242 g/mol. The Hall–Kier alpha value is -1.10. The summed E-state index contributed by atoms with van der Waals surface area (Å²) in [6.07, 6.45) is 2.07. The molecule has 1 rings (SSSR count). The summed E-state index contributed by atoms with van der Waals surface area (Å²) >= 11 is 0. The lowest BCUT2D eigenvalue weighted by Crippen LogP contribution is -2.50. The second kappa shape index (κ2) is 5.49. The van der Waals surface area contributed by atoms with E-state index in [0.29, 0.717) is 0 Å². The Morgan fingerprint density at radius 2 is 2.12 bits per heavy atom. The molecule has 1 aliphatic heterocycles. The van der Waals surface area contributed by atoms with Crippen LogP contribution in [-0.4, -0.2) is 36.1 Å². The largest absolute Gasteiger partial charge is 0.480 e. The summed E-state index contributed by atoms with van der Waals surface area (Å²) < 4.78 is 0. The molecule has 1 amide bonds. The summed E-state index contributed by atoms with van der Waals surface area (Å²) in [7, 11) is 0. The number of amides is 1. The van der Waals surface area contributed by atoms with Crippen molar-refractivity contribution in [2.75, 3.05) is 13.1 Å². The first kappa shape index (κ1) is 14.0. The minimum atomic E-state index is -1.00. The third-order valence-electron chi connectivity index (χ3n) is 3.62. The summed E-state index contributed by atoms with van der Waals surface area (Å²) in [4.78, 5) is 22.8. The van der Waals surface area contributed by atoms with Gasteiger partial charge in [-0.15, -0.1) is 0 Å². The molecule has 3 N–H and O–H groups in total. The topological polar surface area (TPSA) is 78.4 Å². The van der Waals surface area contributed by atoms with Gasteiger partial charge in [0, 0.05) is 5.41 Å². The van der Waals surface area contributed by atoms with Crippen LogP contribution in [0.3, 0.4) is 0 Å². The second-order valence-electron chi connectivity index (χ2n) is 5.30. The van der Waals surface area contributed by atoms with Crippen molar-refractivity contribution in [3.8, 4) is 0 Å². The molecule has 1 heterocycles. The number of rotatable bonds is 4. The molecule has 0 radical (unpaired) electrons. The van der Waals surface area contributed by atoms with E-state index in [4.69, 9.17) is 5.11 Å². The molecule has 5 nitrogen and oxygen atoms in total. The first-order chi connectivity index (χ1) is 7.85. The number of piperidine rings is 1. The van der Waals surface area contributed by atoms with Gasteiger partial charge in [-0.1, -0.05) is 13.8 Å². The number of nitrogens with one attached hydrogen (secondary N) is 2. The van der Waals surface area contributed by atoms with Crippen LogP contribution in [0.15, 0.2) is 0 Å². The lowest BCUT2D eigenvalue weighted by atomic mass is 9.74. The molecule has 17 heavy (non-hydrogen) atoms. The van der Waals surface area contributed by atoms with Crippen molar-refractivity contribution in [2.45, 2.75) is 39.7 Å². The smallest absolute Gasteiger partial charge is 0.325 e. The predicted molar refractivity (Wildman–Crippen MR) is 64.6 cm³/mol. The van der Waals surface area contributed by atoms with Crippen LogP contribution in [0.4, 0.5) is 0 Å². The highest BCUT2D eigenvalue weighted by Crippen LogP contribution is 2.31. The lowest BCUT2D eigenvalue weighted by molar-refractivity contribution is -0.143. The number of carbonyl (C=O) groups is 2. The van der Waals surface area contributed by atoms with Gasteiger partial charge in [0.2, 0.25) is 5.91 Å². The maximum absolute atomic E-state index is 12.1. The van der Waals surface area contributed by atoms with Crippen LogP contribution >= 0.6 is 0 Å². The molecule has 0 spiro atoms. The number of hydrogen-bond acceptors (Lipinski definition) is 3. The molecule has 1 saturated heterocycles. The fraction of sp³-hybridized carbons (Fsp3) is 0.833. The highest BCUT2D eigenvalue weighted by molar-refractivity contribution is 5.86. The van der Waals surface area contributed by atoms with Crippen LogP contribution < -0.4 is 10.6 Å². The van der Waals surface area contributed by atoms with Crippen molar-refractivity contribution in [2.24, 2.45) is 11.3 Å². The first-order valence-corrected chi connectivity index (χ1v) is 6.10. The van der Waals surface area contributed by atoms with Crippen molar-refractivity contribution >= 4 is 11.9 Å². The number of carboxylic acids is 1. The van der Waals surface area contributed by atoms with E-state index in [-0.39, 0.29) is 11.8 Å². The Balaban J connectivity index is 2.61. The molecule has 0 aliphatic carbocycles. The molecule has 1 unspecified atom stereocenters. The summed E-state index contributed by atoms with van der Waals surface area (Å²) in [5.41, 5.74) is -0.531. The van der Waals surface area contributed by atoms with Gasteiger partial charge in [-0.25, -0.2) is 0 Å². The van der Waals surface area contributed by atoms with E-state index in [1.165, 1.54) is 6.92 Å². The summed E-state index contributed by atoms with van der Waals surface area (Å²) in [6.45, 7) is 7.07. The zero-order chi connectivity index (χ0) is 13.1. The molecule has 5 heteroatoms. The van der Waals surface area contributed by atoms with Crippen LogP contribution in [0.2, 0.25) is 0 Å². The number of aliphatic carboxylic acids is 1. The molecule has 2 atom stereocenters. The van der Waals surface area contributed by atoms with E-state index < -0.39 is 17.4 Å². The molecule has 98 valence electrons. The molecule has 1 aliphatic rings. The van der Waals surface area contributed by atoms with Gasteiger partial charge >= 0.3 is 5.97 Å². The third-order valence-corrected chi connectivity index (χ3v) is 3.62. The van der Waals surface area contributed by atoms with E-state index in [1.54, 1.807) is 0 Å². The Labute approximate surface area is 102 Å². The summed E-state index contributed by atoms with van der Waals surface area (Å²) in [6, 6.07) is -0.835. The minimum absolute atomic E-state index is 0.180. The van der Waals surface area contributed by atoms with Gasteiger partial charge in [-0.2, -0.15) is 0 Å². The number of carbonyl (C=O) groups excluding carboxylic acids is 1. The van der Waals surface area contributed by atoms with Crippen LogP contribution in [-0.2, 0) is 9.59 Å². The van der Waals surface area contributed by atoms with E-state index in [2.05, 4.69) is 10.6 Å². The van der Waals surface area contributed by atoms with Crippen molar-refractivity contribution < 1.29 is 14.7 Å². The summed E-state index contributed by atoms with van der Waals surface area (Å²) in [5, 5.41) is 14.6. The van der Waals surface area contributed by atoms with Gasteiger partial charge in [0.1, 0.15) is 6.04 Å². The molecular weight excluding hydrogens is 220 g/mol. The van der Waals surface area contributed by atoms with Crippen molar-refractivity contribution in [3.63, 3.8) is 0 Å². The Kier molecular flexibility index (Phi) is 4.51. The first-order valence-electron chi connectivity index (χ1n) is 6.10. The van der Waals surface area contributed by atoms with E-state index in [1.807, 2.05) is 13.8 Å². The fourth-order valence-electron chi connectivity index (χ4n) is 2.10. The van der Waals surface area contributed by atoms with Gasteiger partial charge in [-0.05, 0) is 38.8 Å². The highest BCUT2D eigenvalue weighted by atomic mass is 16.4. The van der Waals surface area contributed by atoms with Crippen LogP contribution in [0.5, 0.6) is 0 Å². The van der Waals surface area contributed by atoms with Crippen molar-refractivity contribution in [3.05, 3.63) is 0 Å². The van der Waals surface area contributed by atoms with Crippen LogP contribution in [0.1, 0.15) is 33.6 Å². The minimum Gasteiger partial charge on any atom is -0.480 e. The molecule has 0 aromatic carbocycles. The Morgan fingerprint density at radius 1 is 1.47 bits per heavy atom. The predicted octanol–water partition coefficient (Wildman–Crippen LogP) is 0.602. The molecule has 0 aromatic heterocycles. The van der Waals surface area contributed by atoms with E-state index in [0.717, 1.165) is 25.9 Å². The summed E-state index contributed by atoms with van der Waals surface area (Å²) in [5.74, 6) is -0.922. The van der Waals surface area contributed by atoms with Gasteiger partial charge in [0.15, 0.2) is 0 Å². The zero-order valence-corrected chi connectivity index (χ0v) is 10.7. The lowest BCUT2D eigenvalue weighted by Gasteiger charge is -2.36. The van der Waals surface area contributed by atoms with Gasteiger partial charge in [0.05, 0.1) is 0 Å². The van der Waals surface area contributed by atoms with Crippen LogP contribution in [0, 0.1) is 11.3 Å². The maximum atomic E-state index is 12.1. The van der Waals surface area contributed by atoms with Gasteiger partial charge in [-0.3, -0.25) is 9.59 Å². The molecule has 0 saturated carbocycles. The standard InChI is InChI=1S/C12H22N2O3/c1-8(10(15)16)14-11(17)12(2,3)9-5-4-6-13-7-9/h8-9,13H,4-7H2,1-3H3,(H,14,17)(H,15,16)/t8-,9?/m1/s1. The zero-order valence-electron chi connectivity index (χ0n) is 10.7. The molecule has 0 aromatic rings. The van der Waals surface area contributed by atoms with Crippen molar-refractivity contribution in [1.29, 1.82) is 0 Å². The fourth-order valence-corrected chi connectivity index (χ4v) is 2.10. The van der Waals surface area contributed by atoms with Gasteiger partial charge in [0.25, 0.3) is 0 Å². The number of carboxylic acid groups (broad SMARTS) is 1. The quantitative estimate of drug-likeness (QED) is 0.674. The molecule has 0 bridgehead atoms. The van der Waals surface area contributed by atoms with Crippen LogP contribution in [0.25, 0.3) is 0 Å². The Morgan fingerprint density at radius 3 is 2.59 bits per heavy atom.